The molecule has 3 fully saturated rings. The Morgan fingerprint density at radius 2 is 2.00 bits per heavy atom. The minimum atomic E-state index is -0.642. The second-order valence-electron chi connectivity index (χ2n) is 9.66. The molecule has 11 nitrogen and oxygen atoms in total. The van der Waals surface area contributed by atoms with Gasteiger partial charge in [0, 0.05) is 44.2 Å². The standard InChI is InChI=1S/C23H33N9O2S/c1-14-9-19(35-30-14)29-22-20(21(24)33)26-12-18(28-22)32-6-2-3-16(13-32)27-23(34)15-4-7-31(8-5-15)17-10-25-11-17/h9,12,15-17,25H,2-8,10-11,13H2,1H3,(H2,24,33)(H,27,34)(H,28,29)/t16-/m1/s1. The number of nitrogens with two attached hydrogens (primary N) is 1. The van der Waals surface area contributed by atoms with Crippen molar-refractivity contribution in [2.24, 2.45) is 11.7 Å². The number of carbonyl (C=O) groups is 2. The molecule has 3 aliphatic rings. The first-order valence-corrected chi connectivity index (χ1v) is 13.1. The zero-order chi connectivity index (χ0) is 24.4. The van der Waals surface area contributed by atoms with E-state index in [9.17, 15) is 9.59 Å². The van der Waals surface area contributed by atoms with E-state index in [-0.39, 0.29) is 23.6 Å². The number of hydrogen-bond donors (Lipinski definition) is 4. The fourth-order valence-corrected chi connectivity index (χ4v) is 5.68. The van der Waals surface area contributed by atoms with Crippen LogP contribution in [0.1, 0.15) is 41.9 Å². The Hall–Kier alpha value is -2.83. The Bertz CT molecular complexity index is 1070. The number of rotatable bonds is 7. The van der Waals surface area contributed by atoms with Gasteiger partial charge in [-0.3, -0.25) is 14.5 Å². The van der Waals surface area contributed by atoms with Gasteiger partial charge in [-0.1, -0.05) is 0 Å². The lowest BCUT2D eigenvalue weighted by Crippen LogP contribution is -2.59. The zero-order valence-corrected chi connectivity index (χ0v) is 20.8. The molecule has 0 aliphatic carbocycles. The minimum Gasteiger partial charge on any atom is -0.364 e. The van der Waals surface area contributed by atoms with Crippen LogP contribution in [0.4, 0.5) is 16.6 Å². The van der Waals surface area contributed by atoms with Gasteiger partial charge in [0.2, 0.25) is 5.91 Å². The van der Waals surface area contributed by atoms with Crippen molar-refractivity contribution in [1.82, 2.24) is 29.9 Å². The number of carbonyl (C=O) groups excluding carboxylic acids is 2. The van der Waals surface area contributed by atoms with Crippen molar-refractivity contribution in [3.8, 4) is 0 Å². The Kier molecular flexibility index (Phi) is 7.12. The monoisotopic (exact) mass is 499 g/mol. The normalized spacial score (nSPS) is 22.0. The molecule has 188 valence electrons. The highest BCUT2D eigenvalue weighted by atomic mass is 32.1. The maximum absolute atomic E-state index is 13.0. The van der Waals surface area contributed by atoms with Gasteiger partial charge in [-0.15, -0.1) is 0 Å². The van der Waals surface area contributed by atoms with Crippen molar-refractivity contribution in [3.05, 3.63) is 23.7 Å². The zero-order valence-electron chi connectivity index (χ0n) is 20.0. The fraction of sp³-hybridized carbons (Fsp3) is 0.609. The molecule has 5 N–H and O–H groups in total. The molecule has 5 rings (SSSR count). The Morgan fingerprint density at radius 3 is 2.66 bits per heavy atom. The lowest BCUT2D eigenvalue weighted by Gasteiger charge is -2.42. The summed E-state index contributed by atoms with van der Waals surface area (Å²) in [6.45, 7) is 7.50. The average molecular weight is 500 g/mol. The van der Waals surface area contributed by atoms with Crippen molar-refractivity contribution in [2.75, 3.05) is 49.5 Å². The molecule has 0 saturated carbocycles. The maximum atomic E-state index is 13.0. The van der Waals surface area contributed by atoms with Crippen molar-refractivity contribution >= 4 is 40.0 Å². The van der Waals surface area contributed by atoms with Crippen LogP contribution in [0.15, 0.2) is 12.3 Å². The average Bonchev–Trinajstić information content (AvgIpc) is 3.23. The molecule has 0 bridgehead atoms. The van der Waals surface area contributed by atoms with E-state index < -0.39 is 5.91 Å². The molecule has 3 aliphatic heterocycles. The summed E-state index contributed by atoms with van der Waals surface area (Å²) in [5, 5.41) is 10.5. The lowest BCUT2D eigenvalue weighted by molar-refractivity contribution is -0.127. The SMILES string of the molecule is Cc1cc(Nc2nc(N3CCC[C@@H](NC(=O)C4CCN(C5CNC5)CC4)C3)cnc2C(N)=O)sn1. The third kappa shape index (κ3) is 5.54. The topological polar surface area (TPSA) is 141 Å². The predicted molar refractivity (Wildman–Crippen MR) is 135 cm³/mol. The van der Waals surface area contributed by atoms with E-state index in [1.807, 2.05) is 13.0 Å². The van der Waals surface area contributed by atoms with E-state index in [1.165, 1.54) is 11.5 Å². The van der Waals surface area contributed by atoms with E-state index in [4.69, 9.17) is 5.73 Å². The number of amides is 2. The molecule has 0 radical (unpaired) electrons. The Labute approximate surface area is 209 Å². The summed E-state index contributed by atoms with van der Waals surface area (Å²) in [6, 6.07) is 2.58. The summed E-state index contributed by atoms with van der Waals surface area (Å²) in [7, 11) is 0. The van der Waals surface area contributed by atoms with Crippen LogP contribution in [0.5, 0.6) is 0 Å². The molecule has 0 spiro atoms. The quantitative estimate of drug-likeness (QED) is 0.436. The first kappa shape index (κ1) is 23.9. The van der Waals surface area contributed by atoms with Gasteiger partial charge >= 0.3 is 0 Å². The van der Waals surface area contributed by atoms with Crippen LogP contribution in [0, 0.1) is 12.8 Å². The highest BCUT2D eigenvalue weighted by molar-refractivity contribution is 7.10. The molecule has 1 atom stereocenters. The van der Waals surface area contributed by atoms with Crippen LogP contribution in [-0.4, -0.2) is 82.4 Å². The molecule has 2 amide bonds. The van der Waals surface area contributed by atoms with Crippen LogP contribution in [0.25, 0.3) is 0 Å². The molecular weight excluding hydrogens is 466 g/mol. The van der Waals surface area contributed by atoms with Gasteiger partial charge in [-0.05, 0) is 63.3 Å². The van der Waals surface area contributed by atoms with Gasteiger partial charge in [0.15, 0.2) is 11.5 Å². The van der Waals surface area contributed by atoms with Crippen LogP contribution in [0.2, 0.25) is 0 Å². The number of likely N-dealkylation sites (tertiary alicyclic amines) is 1. The summed E-state index contributed by atoms with van der Waals surface area (Å²) < 4.78 is 4.25. The summed E-state index contributed by atoms with van der Waals surface area (Å²) in [5.41, 5.74) is 6.49. The highest BCUT2D eigenvalue weighted by Crippen LogP contribution is 2.26. The number of piperidine rings is 2. The lowest BCUT2D eigenvalue weighted by atomic mass is 9.93. The van der Waals surface area contributed by atoms with E-state index in [1.54, 1.807) is 6.20 Å². The molecule has 3 saturated heterocycles. The summed E-state index contributed by atoms with van der Waals surface area (Å²) in [5.74, 6) is 0.582. The largest absolute Gasteiger partial charge is 0.364 e. The van der Waals surface area contributed by atoms with E-state index in [2.05, 4.69) is 40.1 Å². The minimum absolute atomic E-state index is 0.0586. The third-order valence-corrected chi connectivity index (χ3v) is 7.93. The van der Waals surface area contributed by atoms with Gasteiger partial charge in [-0.2, -0.15) is 4.37 Å². The first-order valence-electron chi connectivity index (χ1n) is 12.3. The number of primary amides is 1. The molecule has 0 aromatic carbocycles. The van der Waals surface area contributed by atoms with Gasteiger partial charge in [0.1, 0.15) is 10.8 Å². The Balaban J connectivity index is 1.21. The molecule has 0 unspecified atom stereocenters. The van der Waals surface area contributed by atoms with Crippen molar-refractivity contribution < 1.29 is 9.59 Å². The number of nitrogens with one attached hydrogen (secondary N) is 3. The fourth-order valence-electron chi connectivity index (χ4n) is 5.02. The molecule has 35 heavy (non-hydrogen) atoms. The van der Waals surface area contributed by atoms with Crippen LogP contribution in [0.3, 0.4) is 0 Å². The van der Waals surface area contributed by atoms with Crippen LogP contribution >= 0.6 is 11.5 Å². The summed E-state index contributed by atoms with van der Waals surface area (Å²) in [4.78, 5) is 38.5. The maximum Gasteiger partial charge on any atom is 0.271 e. The molecular formula is C23H33N9O2S. The molecule has 2 aromatic rings. The van der Waals surface area contributed by atoms with Crippen molar-refractivity contribution in [3.63, 3.8) is 0 Å². The van der Waals surface area contributed by atoms with E-state index in [0.717, 1.165) is 69.1 Å². The first-order chi connectivity index (χ1) is 17.0. The van der Waals surface area contributed by atoms with E-state index in [0.29, 0.717) is 24.2 Å². The van der Waals surface area contributed by atoms with Crippen molar-refractivity contribution in [1.29, 1.82) is 0 Å². The number of aromatic nitrogens is 3. The molecule has 5 heterocycles. The van der Waals surface area contributed by atoms with Crippen LogP contribution in [-0.2, 0) is 4.79 Å². The number of anilines is 3. The number of hydrogen-bond acceptors (Lipinski definition) is 10. The smallest absolute Gasteiger partial charge is 0.271 e. The van der Waals surface area contributed by atoms with Gasteiger partial charge in [0.25, 0.3) is 5.91 Å². The highest BCUT2D eigenvalue weighted by Gasteiger charge is 2.32. The number of nitrogens with zero attached hydrogens (tertiary/aromatic N) is 5. The summed E-state index contributed by atoms with van der Waals surface area (Å²) in [6.07, 6.45) is 5.30. The van der Waals surface area contributed by atoms with Gasteiger partial charge in [-0.25, -0.2) is 9.97 Å². The number of aryl methyl sites for hydroxylation is 1. The molecule has 12 heteroatoms. The summed E-state index contributed by atoms with van der Waals surface area (Å²) >= 11 is 1.28. The molecule has 2 aromatic heterocycles. The van der Waals surface area contributed by atoms with E-state index >= 15 is 0 Å². The predicted octanol–water partition coefficient (Wildman–Crippen LogP) is 0.853. The van der Waals surface area contributed by atoms with Crippen molar-refractivity contribution in [2.45, 2.75) is 44.7 Å². The Morgan fingerprint density at radius 1 is 1.20 bits per heavy atom. The third-order valence-electron chi connectivity index (χ3n) is 7.13. The van der Waals surface area contributed by atoms with Gasteiger partial charge < -0.3 is 26.6 Å². The second-order valence-corrected chi connectivity index (χ2v) is 10.5. The van der Waals surface area contributed by atoms with Crippen LogP contribution < -0.4 is 26.6 Å². The second kappa shape index (κ2) is 10.4. The van der Waals surface area contributed by atoms with Gasteiger partial charge in [0.05, 0.1) is 11.9 Å².